The molecule has 0 spiro atoms. The van der Waals surface area contributed by atoms with Gasteiger partial charge in [-0.3, -0.25) is 9.88 Å². The molecule has 8 rings (SSSR count). The van der Waals surface area contributed by atoms with Crippen molar-refractivity contribution >= 4 is 27.5 Å². The molecule has 1 N–H and O–H groups in total. The van der Waals surface area contributed by atoms with Gasteiger partial charge in [-0.1, -0.05) is 13.0 Å². The average Bonchev–Trinajstić information content (AvgIpc) is 3.77. The second-order valence-electron chi connectivity index (χ2n) is 12.3. The van der Waals surface area contributed by atoms with E-state index in [0.29, 0.717) is 60.1 Å². The highest BCUT2D eigenvalue weighted by Crippen LogP contribution is 2.43. The van der Waals surface area contributed by atoms with Gasteiger partial charge in [-0.15, -0.1) is 0 Å². The number of phenols is 1. The maximum atomic E-state index is 16.7. The van der Waals surface area contributed by atoms with Gasteiger partial charge in [0, 0.05) is 31.3 Å². The maximum Gasteiger partial charge on any atom is 0.319 e. The van der Waals surface area contributed by atoms with Crippen molar-refractivity contribution in [2.45, 2.75) is 62.9 Å². The second-order valence-corrected chi connectivity index (χ2v) is 12.3. The van der Waals surface area contributed by atoms with Crippen LogP contribution in [0.15, 0.2) is 30.5 Å². The number of ether oxygens (including phenoxy) is 2. The smallest absolute Gasteiger partial charge is 0.319 e. The summed E-state index contributed by atoms with van der Waals surface area (Å²) in [7, 11) is 0. The molecule has 2 bridgehead atoms. The molecule has 4 fully saturated rings. The zero-order valence-corrected chi connectivity index (χ0v) is 23.8. The van der Waals surface area contributed by atoms with E-state index in [1.807, 2.05) is 6.92 Å². The fourth-order valence-corrected chi connectivity index (χ4v) is 7.83. The number of rotatable bonds is 6. The molecule has 4 aliphatic rings. The Labute approximate surface area is 246 Å². The van der Waals surface area contributed by atoms with Crippen molar-refractivity contribution in [3.05, 3.63) is 47.7 Å². The third kappa shape index (κ3) is 4.22. The zero-order chi connectivity index (χ0) is 29.5. The molecule has 4 aliphatic heterocycles. The number of aromatic nitrogens is 3. The Morgan fingerprint density at radius 1 is 1.19 bits per heavy atom. The number of benzene rings is 2. The predicted molar refractivity (Wildman–Crippen MR) is 155 cm³/mol. The Hall–Kier alpha value is -3.70. The lowest BCUT2D eigenvalue weighted by molar-refractivity contribution is 0.0984. The number of phenolic OH excluding ortho intramolecular Hbond substituents is 1. The number of fused-ring (bicyclic) bond motifs is 5. The van der Waals surface area contributed by atoms with E-state index in [4.69, 9.17) is 14.5 Å². The maximum absolute atomic E-state index is 16.7. The highest BCUT2D eigenvalue weighted by Gasteiger charge is 2.49. The summed E-state index contributed by atoms with van der Waals surface area (Å²) in [6.07, 6.45) is 4.13. The highest BCUT2D eigenvalue weighted by molar-refractivity contribution is 6.01. The molecule has 0 radical (unpaired) electrons. The summed E-state index contributed by atoms with van der Waals surface area (Å²) < 4.78 is 58.0. The first-order chi connectivity index (χ1) is 20.8. The molecule has 11 heteroatoms. The third-order valence-electron chi connectivity index (χ3n) is 9.81. The highest BCUT2D eigenvalue weighted by atomic mass is 19.1. The summed E-state index contributed by atoms with van der Waals surface area (Å²) in [5, 5.41) is 12.0. The summed E-state index contributed by atoms with van der Waals surface area (Å²) in [4.78, 5) is 18.1. The van der Waals surface area contributed by atoms with E-state index in [0.717, 1.165) is 25.8 Å². The van der Waals surface area contributed by atoms with Gasteiger partial charge in [0.25, 0.3) is 0 Å². The van der Waals surface area contributed by atoms with E-state index in [9.17, 15) is 13.9 Å². The number of pyridine rings is 1. The van der Waals surface area contributed by atoms with Crippen LogP contribution in [0.1, 0.15) is 38.2 Å². The average molecular weight is 592 g/mol. The van der Waals surface area contributed by atoms with Gasteiger partial charge >= 0.3 is 6.01 Å². The van der Waals surface area contributed by atoms with Gasteiger partial charge in [0.05, 0.1) is 29.7 Å². The number of hydrogen-bond acceptors (Lipinski definition) is 8. The number of aryl methyl sites for hydroxylation is 1. The number of aromatic hydroxyl groups is 1. The predicted octanol–water partition coefficient (Wildman–Crippen LogP) is 5.32. The van der Waals surface area contributed by atoms with Crippen LogP contribution in [-0.2, 0) is 11.2 Å². The summed E-state index contributed by atoms with van der Waals surface area (Å²) in [6, 6.07) is 5.98. The topological polar surface area (TPSA) is 83.8 Å². The molecule has 8 nitrogen and oxygen atoms in total. The lowest BCUT2D eigenvalue weighted by atomic mass is 9.94. The largest absolute Gasteiger partial charge is 0.508 e. The van der Waals surface area contributed by atoms with Crippen molar-refractivity contribution in [2.24, 2.45) is 0 Å². The minimum absolute atomic E-state index is 0.0202. The second kappa shape index (κ2) is 9.92. The number of halogens is 3. The van der Waals surface area contributed by atoms with E-state index in [1.54, 1.807) is 12.3 Å². The molecular formula is C32H32F3N5O3. The normalized spacial score (nSPS) is 26.7. The van der Waals surface area contributed by atoms with Gasteiger partial charge in [0.15, 0.2) is 5.82 Å². The Balaban J connectivity index is 1.28. The van der Waals surface area contributed by atoms with Crippen LogP contribution in [0.5, 0.6) is 11.8 Å². The molecule has 0 saturated carbocycles. The number of nitrogens with zero attached hydrogens (tertiary/aromatic N) is 5. The number of hydrogen-bond donors (Lipinski definition) is 1. The van der Waals surface area contributed by atoms with Crippen LogP contribution in [0.3, 0.4) is 0 Å². The molecule has 224 valence electrons. The fourth-order valence-electron chi connectivity index (χ4n) is 7.83. The Morgan fingerprint density at radius 3 is 2.86 bits per heavy atom. The number of alkyl halides is 1. The number of morpholine rings is 1. The molecule has 0 amide bonds. The van der Waals surface area contributed by atoms with Crippen molar-refractivity contribution in [3.8, 4) is 23.0 Å². The Morgan fingerprint density at radius 2 is 2.07 bits per heavy atom. The van der Waals surface area contributed by atoms with E-state index >= 15 is 4.39 Å². The third-order valence-corrected chi connectivity index (χ3v) is 9.81. The molecule has 43 heavy (non-hydrogen) atoms. The van der Waals surface area contributed by atoms with Gasteiger partial charge in [-0.25, -0.2) is 13.2 Å². The quantitative estimate of drug-likeness (QED) is 0.323. The number of anilines is 1. The molecule has 4 atom stereocenters. The van der Waals surface area contributed by atoms with Crippen molar-refractivity contribution in [3.63, 3.8) is 0 Å². The van der Waals surface area contributed by atoms with Gasteiger partial charge in [-0.05, 0) is 66.8 Å². The lowest BCUT2D eigenvalue weighted by Crippen LogP contribution is -2.43. The van der Waals surface area contributed by atoms with Crippen LogP contribution >= 0.6 is 0 Å². The standard InChI is InChI=1S/C32H32F3N5O3/c1-2-22-25(34)5-4-17-8-20(41)10-23(26(17)22)28-27(35)29-24(12-36-28)30(40-14-21-9-19(40)15-42-21)38-31(37-29)43-16-32-6-3-7-39(32)13-18(33)11-32/h4-5,8,10,12,18-19,21,41H,2-3,6-7,9,11,13-16H2,1H3/t18-,19-,21-,32+/m1/s1. The van der Waals surface area contributed by atoms with Gasteiger partial charge in [-0.2, -0.15) is 9.97 Å². The molecule has 6 heterocycles. The summed E-state index contributed by atoms with van der Waals surface area (Å²) >= 11 is 0. The van der Waals surface area contributed by atoms with E-state index in [2.05, 4.69) is 19.8 Å². The van der Waals surface area contributed by atoms with Crippen molar-refractivity contribution < 1.29 is 27.8 Å². The van der Waals surface area contributed by atoms with Crippen LogP contribution in [-0.4, -0.2) is 81.7 Å². The van der Waals surface area contributed by atoms with Crippen LogP contribution in [0, 0.1) is 11.6 Å². The fraction of sp³-hybridized carbons (Fsp3) is 0.469. The SMILES string of the molecule is CCc1c(F)ccc2cc(O)cc(-c3ncc4c(N5C[C@H]6C[C@@H]5CO6)nc(OC[C@@]56CCCN5C[C@H](F)C6)nc4c3F)c12. The molecule has 2 aromatic carbocycles. The van der Waals surface area contributed by atoms with E-state index < -0.39 is 23.3 Å². The minimum Gasteiger partial charge on any atom is -0.508 e. The Kier molecular flexibility index (Phi) is 6.20. The van der Waals surface area contributed by atoms with Crippen LogP contribution in [0.4, 0.5) is 19.0 Å². The van der Waals surface area contributed by atoms with Crippen LogP contribution in [0.2, 0.25) is 0 Å². The minimum atomic E-state index is -0.904. The first-order valence-electron chi connectivity index (χ1n) is 15.0. The van der Waals surface area contributed by atoms with Crippen LogP contribution in [0.25, 0.3) is 32.9 Å². The summed E-state index contributed by atoms with van der Waals surface area (Å²) in [5.41, 5.74) is 0.254. The van der Waals surface area contributed by atoms with Crippen molar-refractivity contribution in [2.75, 3.05) is 37.7 Å². The van der Waals surface area contributed by atoms with Gasteiger partial charge in [0.2, 0.25) is 0 Å². The van der Waals surface area contributed by atoms with Crippen molar-refractivity contribution in [1.29, 1.82) is 0 Å². The van der Waals surface area contributed by atoms with Gasteiger partial charge < -0.3 is 19.5 Å². The molecule has 0 aliphatic carbocycles. The molecule has 0 unspecified atom stereocenters. The zero-order valence-electron chi connectivity index (χ0n) is 23.8. The molecular weight excluding hydrogens is 559 g/mol. The van der Waals surface area contributed by atoms with Gasteiger partial charge in [0.1, 0.15) is 41.4 Å². The summed E-state index contributed by atoms with van der Waals surface area (Å²) in [6.45, 7) is 4.42. The first-order valence-corrected chi connectivity index (χ1v) is 15.0. The van der Waals surface area contributed by atoms with Crippen molar-refractivity contribution in [1.82, 2.24) is 19.9 Å². The monoisotopic (exact) mass is 591 g/mol. The lowest BCUT2D eigenvalue weighted by Gasteiger charge is -2.31. The first kappa shape index (κ1) is 26.9. The Bertz CT molecular complexity index is 1770. The summed E-state index contributed by atoms with van der Waals surface area (Å²) in [5.74, 6) is -0.681. The molecule has 4 saturated heterocycles. The van der Waals surface area contributed by atoms with Crippen LogP contribution < -0.4 is 9.64 Å². The van der Waals surface area contributed by atoms with E-state index in [1.165, 1.54) is 18.2 Å². The molecule has 2 aromatic heterocycles. The molecule has 4 aromatic rings. The van der Waals surface area contributed by atoms with E-state index in [-0.39, 0.29) is 47.3 Å².